The summed E-state index contributed by atoms with van der Waals surface area (Å²) in [6.07, 6.45) is -0.137. The molecule has 2 aromatic carbocycles. The monoisotopic (exact) mass is 490 g/mol. The van der Waals surface area contributed by atoms with Crippen LogP contribution in [-0.2, 0) is 14.6 Å². The molecule has 6 nitrogen and oxygen atoms in total. The molecule has 1 aromatic heterocycles. The van der Waals surface area contributed by atoms with Crippen LogP contribution in [0, 0.1) is 27.7 Å². The summed E-state index contributed by atoms with van der Waals surface area (Å²) in [7, 11) is -3.66. The number of aryl methyl sites for hydroxylation is 3. The minimum Gasteiger partial charge on any atom is -0.356 e. The molecular formula is C22H23BrN2O4S. The first-order valence-corrected chi connectivity index (χ1v) is 11.9. The molecule has 0 spiro atoms. The van der Waals surface area contributed by atoms with E-state index >= 15 is 0 Å². The van der Waals surface area contributed by atoms with Crippen LogP contribution < -0.4 is 5.32 Å². The highest BCUT2D eigenvalue weighted by molar-refractivity contribution is 9.10. The third-order valence-electron chi connectivity index (χ3n) is 4.98. The standard InChI is InChI=1S/C22H23BrN2O4S/c1-13-5-6-17(22-15(3)16(4)25-29-22)12-20(13)30(27,28)10-9-21(26)24-18-7-8-19(23)14(2)11-18/h5-8,11-12H,9-10H2,1-4H3,(H,24,26). The van der Waals surface area contributed by atoms with Crippen LogP contribution in [0.4, 0.5) is 5.69 Å². The number of hydrogen-bond acceptors (Lipinski definition) is 5. The molecule has 30 heavy (non-hydrogen) atoms. The van der Waals surface area contributed by atoms with Gasteiger partial charge in [-0.05, 0) is 63.1 Å². The zero-order valence-corrected chi connectivity index (χ0v) is 19.6. The number of rotatable bonds is 6. The topological polar surface area (TPSA) is 89.3 Å². The van der Waals surface area contributed by atoms with E-state index in [2.05, 4.69) is 26.4 Å². The number of nitrogens with zero attached hydrogens (tertiary/aromatic N) is 1. The maximum Gasteiger partial charge on any atom is 0.225 e. The van der Waals surface area contributed by atoms with E-state index in [0.29, 0.717) is 22.6 Å². The Kier molecular flexibility index (Phi) is 6.47. The van der Waals surface area contributed by atoms with E-state index in [9.17, 15) is 13.2 Å². The maximum atomic E-state index is 12.9. The number of benzene rings is 2. The number of hydrogen-bond donors (Lipinski definition) is 1. The fraction of sp³-hybridized carbons (Fsp3) is 0.273. The fourth-order valence-corrected chi connectivity index (χ4v) is 4.83. The molecule has 0 aliphatic heterocycles. The Balaban J connectivity index is 1.76. The second-order valence-corrected chi connectivity index (χ2v) is 10.2. The molecule has 3 rings (SSSR count). The molecule has 1 N–H and O–H groups in total. The van der Waals surface area contributed by atoms with Crippen LogP contribution in [0.1, 0.15) is 28.8 Å². The predicted octanol–water partition coefficient (Wildman–Crippen LogP) is 5.14. The molecule has 158 valence electrons. The van der Waals surface area contributed by atoms with Gasteiger partial charge in [-0.2, -0.15) is 0 Å². The number of aromatic nitrogens is 1. The van der Waals surface area contributed by atoms with Crippen molar-refractivity contribution in [1.82, 2.24) is 5.16 Å². The van der Waals surface area contributed by atoms with Crippen LogP contribution >= 0.6 is 15.9 Å². The zero-order valence-electron chi connectivity index (χ0n) is 17.2. The molecule has 0 atom stereocenters. The van der Waals surface area contributed by atoms with Gasteiger partial charge in [0.2, 0.25) is 5.91 Å². The van der Waals surface area contributed by atoms with Crippen LogP contribution in [0.25, 0.3) is 11.3 Å². The minimum atomic E-state index is -3.66. The van der Waals surface area contributed by atoms with Crippen molar-refractivity contribution in [2.75, 3.05) is 11.1 Å². The first-order valence-electron chi connectivity index (χ1n) is 9.41. The number of carbonyl (C=O) groups excluding carboxylic acids is 1. The van der Waals surface area contributed by atoms with E-state index in [1.54, 1.807) is 25.1 Å². The van der Waals surface area contributed by atoms with Crippen molar-refractivity contribution in [1.29, 1.82) is 0 Å². The first-order chi connectivity index (χ1) is 14.1. The lowest BCUT2D eigenvalue weighted by Crippen LogP contribution is -2.18. The van der Waals surface area contributed by atoms with E-state index in [4.69, 9.17) is 4.52 Å². The molecule has 0 radical (unpaired) electrons. The molecule has 8 heteroatoms. The number of carbonyl (C=O) groups is 1. The Labute approximate surface area is 184 Å². The van der Waals surface area contributed by atoms with Gasteiger partial charge in [-0.25, -0.2) is 8.42 Å². The maximum absolute atomic E-state index is 12.9. The number of sulfone groups is 1. The lowest BCUT2D eigenvalue weighted by Gasteiger charge is -2.10. The summed E-state index contributed by atoms with van der Waals surface area (Å²) in [5.41, 5.74) is 4.50. The zero-order chi connectivity index (χ0) is 22.1. The summed E-state index contributed by atoms with van der Waals surface area (Å²) in [4.78, 5) is 12.5. The Hall–Kier alpha value is -2.45. The van der Waals surface area contributed by atoms with Gasteiger partial charge in [0.05, 0.1) is 16.3 Å². The highest BCUT2D eigenvalue weighted by Crippen LogP contribution is 2.29. The van der Waals surface area contributed by atoms with Crippen molar-refractivity contribution >= 4 is 37.4 Å². The Morgan fingerprint density at radius 3 is 2.43 bits per heavy atom. The van der Waals surface area contributed by atoms with Crippen LogP contribution in [0.3, 0.4) is 0 Å². The summed E-state index contributed by atoms with van der Waals surface area (Å²) in [5, 5.41) is 6.69. The van der Waals surface area contributed by atoms with E-state index < -0.39 is 9.84 Å². The second-order valence-electron chi connectivity index (χ2n) is 7.28. The van der Waals surface area contributed by atoms with Crippen molar-refractivity contribution in [2.45, 2.75) is 39.0 Å². The molecule has 1 amide bonds. The van der Waals surface area contributed by atoms with Gasteiger partial charge in [0.15, 0.2) is 15.6 Å². The van der Waals surface area contributed by atoms with Crippen molar-refractivity contribution in [3.05, 3.63) is 63.3 Å². The molecule has 0 bridgehead atoms. The number of nitrogens with one attached hydrogen (secondary N) is 1. The normalized spacial score (nSPS) is 11.5. The fourth-order valence-electron chi connectivity index (χ4n) is 3.04. The van der Waals surface area contributed by atoms with Crippen molar-refractivity contribution in [3.63, 3.8) is 0 Å². The molecule has 3 aromatic rings. The molecule has 1 heterocycles. The van der Waals surface area contributed by atoms with Crippen molar-refractivity contribution in [3.8, 4) is 11.3 Å². The van der Waals surface area contributed by atoms with Crippen molar-refractivity contribution in [2.24, 2.45) is 0 Å². The molecule has 0 aliphatic rings. The largest absolute Gasteiger partial charge is 0.356 e. The highest BCUT2D eigenvalue weighted by Gasteiger charge is 2.21. The van der Waals surface area contributed by atoms with E-state index in [1.165, 1.54) is 0 Å². The third kappa shape index (κ3) is 4.82. The number of amides is 1. The van der Waals surface area contributed by atoms with Crippen LogP contribution in [0.5, 0.6) is 0 Å². The lowest BCUT2D eigenvalue weighted by atomic mass is 10.1. The Bertz CT molecular complexity index is 1220. The summed E-state index contributed by atoms with van der Waals surface area (Å²) in [5.74, 6) is -0.0873. The average Bonchev–Trinajstić information content (AvgIpc) is 3.02. The predicted molar refractivity (Wildman–Crippen MR) is 120 cm³/mol. The quantitative estimate of drug-likeness (QED) is 0.516. The second kappa shape index (κ2) is 8.73. The van der Waals surface area contributed by atoms with Gasteiger partial charge in [0.25, 0.3) is 0 Å². The smallest absolute Gasteiger partial charge is 0.225 e. The molecule has 0 saturated carbocycles. The van der Waals surface area contributed by atoms with Gasteiger partial charge in [0.1, 0.15) is 0 Å². The van der Waals surface area contributed by atoms with Gasteiger partial charge < -0.3 is 9.84 Å². The number of halogens is 1. The summed E-state index contributed by atoms with van der Waals surface area (Å²) < 4.78 is 32.2. The average molecular weight is 491 g/mol. The van der Waals surface area contributed by atoms with Gasteiger partial charge in [0, 0.05) is 27.7 Å². The van der Waals surface area contributed by atoms with E-state index in [0.717, 1.165) is 21.3 Å². The van der Waals surface area contributed by atoms with Gasteiger partial charge in [-0.1, -0.05) is 33.2 Å². The van der Waals surface area contributed by atoms with Gasteiger partial charge in [-0.3, -0.25) is 4.79 Å². The lowest BCUT2D eigenvalue weighted by molar-refractivity contribution is -0.115. The summed E-state index contributed by atoms with van der Waals surface area (Å²) in [6, 6.07) is 10.6. The van der Waals surface area contributed by atoms with Crippen LogP contribution in [-0.4, -0.2) is 25.2 Å². The van der Waals surface area contributed by atoms with E-state index in [-0.39, 0.29) is 23.0 Å². The van der Waals surface area contributed by atoms with E-state index in [1.807, 2.05) is 39.0 Å². The summed E-state index contributed by atoms with van der Waals surface area (Å²) in [6.45, 7) is 7.36. The van der Waals surface area contributed by atoms with Gasteiger partial charge >= 0.3 is 0 Å². The van der Waals surface area contributed by atoms with Crippen LogP contribution in [0.15, 0.2) is 50.3 Å². The molecule has 0 unspecified atom stereocenters. The third-order valence-corrected chi connectivity index (χ3v) is 7.72. The molecule has 0 aliphatic carbocycles. The first kappa shape index (κ1) is 22.2. The highest BCUT2D eigenvalue weighted by atomic mass is 79.9. The SMILES string of the molecule is Cc1cc(NC(=O)CCS(=O)(=O)c2cc(-c3onc(C)c3C)ccc2C)ccc1Br. The van der Waals surface area contributed by atoms with Crippen molar-refractivity contribution < 1.29 is 17.7 Å². The van der Waals surface area contributed by atoms with Crippen LogP contribution in [0.2, 0.25) is 0 Å². The summed E-state index contributed by atoms with van der Waals surface area (Å²) >= 11 is 3.41. The molecular weight excluding hydrogens is 468 g/mol. The Morgan fingerprint density at radius 1 is 1.07 bits per heavy atom. The Morgan fingerprint density at radius 2 is 1.80 bits per heavy atom. The minimum absolute atomic E-state index is 0.137. The number of anilines is 1. The molecule has 0 saturated heterocycles. The molecule has 0 fully saturated rings. The van der Waals surface area contributed by atoms with Gasteiger partial charge in [-0.15, -0.1) is 0 Å².